The molecule has 0 unspecified atom stereocenters. The lowest BCUT2D eigenvalue weighted by Gasteiger charge is -1.85. The molecule has 0 aliphatic carbocycles. The average Bonchev–Trinajstić information content (AvgIpc) is 2.55. The van der Waals surface area contributed by atoms with Gasteiger partial charge in [0.05, 0.1) is 4.88 Å². The van der Waals surface area contributed by atoms with E-state index in [-0.39, 0.29) is 0 Å². The molecule has 0 aliphatic rings. The Hall–Kier alpha value is -0.610. The second-order valence-corrected chi connectivity index (χ2v) is 3.89. The third kappa shape index (κ3) is 1.36. The molecule has 2 aromatic rings. The topological polar surface area (TPSA) is 28.7 Å². The fourth-order valence-electron chi connectivity index (χ4n) is 0.837. The molecular weight excluding hydrogens is 224 g/mol. The first-order valence-corrected chi connectivity index (χ1v) is 4.77. The van der Waals surface area contributed by atoms with Crippen molar-refractivity contribution < 1.29 is 0 Å². The number of thiophene rings is 1. The van der Waals surface area contributed by atoms with Crippen LogP contribution >= 0.6 is 27.3 Å². The second-order valence-electron chi connectivity index (χ2n) is 2.07. The Bertz CT molecular complexity index is 339. The molecule has 1 N–H and O–H groups in total. The molecule has 4 heteroatoms. The van der Waals surface area contributed by atoms with Crippen molar-refractivity contribution in [2.24, 2.45) is 0 Å². The normalized spacial score (nSPS) is 10.3. The molecule has 2 aromatic heterocycles. The van der Waals surface area contributed by atoms with E-state index in [0.717, 1.165) is 15.2 Å². The van der Waals surface area contributed by atoms with Crippen LogP contribution in [0.4, 0.5) is 0 Å². The highest BCUT2D eigenvalue weighted by Crippen LogP contribution is 2.26. The molecule has 0 bridgehead atoms. The van der Waals surface area contributed by atoms with Gasteiger partial charge in [0.15, 0.2) is 0 Å². The van der Waals surface area contributed by atoms with E-state index < -0.39 is 0 Å². The number of aromatic amines is 1. The van der Waals surface area contributed by atoms with E-state index in [9.17, 15) is 0 Å². The summed E-state index contributed by atoms with van der Waals surface area (Å²) in [5.74, 6) is 0.931. The van der Waals surface area contributed by atoms with Crippen molar-refractivity contribution in [1.29, 1.82) is 0 Å². The highest BCUT2D eigenvalue weighted by atomic mass is 79.9. The third-order valence-electron chi connectivity index (χ3n) is 1.30. The zero-order valence-corrected chi connectivity index (χ0v) is 7.95. The molecule has 0 aliphatic heterocycles. The maximum Gasteiger partial charge on any atom is 0.147 e. The first-order chi connectivity index (χ1) is 5.36. The number of H-pyrrole nitrogens is 1. The quantitative estimate of drug-likeness (QED) is 0.800. The van der Waals surface area contributed by atoms with Crippen LogP contribution in [0.15, 0.2) is 28.3 Å². The van der Waals surface area contributed by atoms with Crippen molar-refractivity contribution in [3.8, 4) is 10.7 Å². The molecule has 2 nitrogen and oxygen atoms in total. The smallest absolute Gasteiger partial charge is 0.147 e. The average molecular weight is 229 g/mol. The van der Waals surface area contributed by atoms with Gasteiger partial charge in [-0.3, -0.25) is 0 Å². The SMILES string of the molecule is Brc1csc(-c2ncc[nH]2)c1. The molecule has 11 heavy (non-hydrogen) atoms. The summed E-state index contributed by atoms with van der Waals surface area (Å²) in [5.41, 5.74) is 0. The van der Waals surface area contributed by atoms with Gasteiger partial charge in [-0.15, -0.1) is 11.3 Å². The summed E-state index contributed by atoms with van der Waals surface area (Å²) >= 11 is 5.05. The Kier molecular flexibility index (Phi) is 1.79. The van der Waals surface area contributed by atoms with Crippen molar-refractivity contribution in [2.45, 2.75) is 0 Å². The zero-order chi connectivity index (χ0) is 7.68. The van der Waals surface area contributed by atoms with Gasteiger partial charge in [-0.1, -0.05) is 0 Å². The minimum Gasteiger partial charge on any atom is -0.344 e. The summed E-state index contributed by atoms with van der Waals surface area (Å²) in [7, 11) is 0. The molecule has 0 saturated carbocycles. The zero-order valence-electron chi connectivity index (χ0n) is 5.54. The third-order valence-corrected chi connectivity index (χ3v) is 3.00. The summed E-state index contributed by atoms with van der Waals surface area (Å²) in [6.45, 7) is 0. The lowest BCUT2D eigenvalue weighted by molar-refractivity contribution is 1.33. The molecule has 0 atom stereocenters. The van der Waals surface area contributed by atoms with Crippen molar-refractivity contribution in [3.63, 3.8) is 0 Å². The maximum absolute atomic E-state index is 4.13. The summed E-state index contributed by atoms with van der Waals surface area (Å²) in [5, 5.41) is 2.04. The van der Waals surface area contributed by atoms with Gasteiger partial charge in [0.25, 0.3) is 0 Å². The van der Waals surface area contributed by atoms with Crippen LogP contribution in [0.1, 0.15) is 0 Å². The molecular formula is C7H5BrN2S. The molecule has 0 amide bonds. The molecule has 0 fully saturated rings. The van der Waals surface area contributed by atoms with E-state index in [4.69, 9.17) is 0 Å². The second kappa shape index (κ2) is 2.79. The van der Waals surface area contributed by atoms with Crippen LogP contribution in [-0.2, 0) is 0 Å². The number of hydrogen-bond donors (Lipinski definition) is 1. The van der Waals surface area contributed by atoms with Crippen LogP contribution in [0.25, 0.3) is 10.7 Å². The standard InChI is InChI=1S/C7H5BrN2S/c8-5-3-6(11-4-5)7-9-1-2-10-7/h1-4H,(H,9,10). The summed E-state index contributed by atoms with van der Waals surface area (Å²) in [6, 6.07) is 2.05. The van der Waals surface area contributed by atoms with Gasteiger partial charge in [0, 0.05) is 22.2 Å². The van der Waals surface area contributed by atoms with E-state index in [2.05, 4.69) is 25.9 Å². The number of halogens is 1. The molecule has 2 rings (SSSR count). The largest absolute Gasteiger partial charge is 0.344 e. The summed E-state index contributed by atoms with van der Waals surface area (Å²) < 4.78 is 1.11. The summed E-state index contributed by atoms with van der Waals surface area (Å²) in [6.07, 6.45) is 3.58. The van der Waals surface area contributed by atoms with E-state index in [1.165, 1.54) is 0 Å². The van der Waals surface area contributed by atoms with Crippen LogP contribution in [-0.4, -0.2) is 9.97 Å². The van der Waals surface area contributed by atoms with Crippen molar-refractivity contribution in [3.05, 3.63) is 28.3 Å². The monoisotopic (exact) mass is 228 g/mol. The Morgan fingerprint density at radius 3 is 3.00 bits per heavy atom. The predicted molar refractivity (Wildman–Crippen MR) is 49.6 cm³/mol. The number of imidazole rings is 1. The van der Waals surface area contributed by atoms with Gasteiger partial charge in [0.2, 0.25) is 0 Å². The Morgan fingerprint density at radius 1 is 1.55 bits per heavy atom. The first kappa shape index (κ1) is 7.06. The van der Waals surface area contributed by atoms with Gasteiger partial charge in [-0.25, -0.2) is 4.98 Å². The number of rotatable bonds is 1. The summed E-state index contributed by atoms with van der Waals surface area (Å²) in [4.78, 5) is 8.33. The van der Waals surface area contributed by atoms with Crippen molar-refractivity contribution in [1.82, 2.24) is 9.97 Å². The van der Waals surface area contributed by atoms with Crippen molar-refractivity contribution in [2.75, 3.05) is 0 Å². The number of hydrogen-bond acceptors (Lipinski definition) is 2. The maximum atomic E-state index is 4.13. The van der Waals surface area contributed by atoms with Crippen LogP contribution < -0.4 is 0 Å². The molecule has 2 heterocycles. The van der Waals surface area contributed by atoms with E-state index >= 15 is 0 Å². The van der Waals surface area contributed by atoms with Gasteiger partial charge < -0.3 is 4.98 Å². The van der Waals surface area contributed by atoms with E-state index in [1.807, 2.05) is 17.6 Å². The molecule has 0 saturated heterocycles. The fourth-order valence-corrected chi connectivity index (χ4v) is 2.22. The van der Waals surface area contributed by atoms with Gasteiger partial charge >= 0.3 is 0 Å². The lowest BCUT2D eigenvalue weighted by Crippen LogP contribution is -1.71. The van der Waals surface area contributed by atoms with Crippen molar-refractivity contribution >= 4 is 27.3 Å². The van der Waals surface area contributed by atoms with E-state index in [0.29, 0.717) is 0 Å². The van der Waals surface area contributed by atoms with Crippen LogP contribution in [0.5, 0.6) is 0 Å². The van der Waals surface area contributed by atoms with E-state index in [1.54, 1.807) is 17.5 Å². The highest BCUT2D eigenvalue weighted by Gasteiger charge is 2.01. The number of nitrogens with one attached hydrogen (secondary N) is 1. The Labute approximate surface area is 76.4 Å². The Balaban J connectivity index is 2.45. The van der Waals surface area contributed by atoms with Gasteiger partial charge in [-0.2, -0.15) is 0 Å². The van der Waals surface area contributed by atoms with Crippen LogP contribution in [0.3, 0.4) is 0 Å². The number of nitrogens with zero attached hydrogens (tertiary/aromatic N) is 1. The lowest BCUT2D eigenvalue weighted by atomic mass is 10.4. The molecule has 0 spiro atoms. The fraction of sp³-hybridized carbons (Fsp3) is 0. The minimum absolute atomic E-state index is 0.931. The molecule has 0 radical (unpaired) electrons. The number of aromatic nitrogens is 2. The van der Waals surface area contributed by atoms with Gasteiger partial charge in [-0.05, 0) is 22.0 Å². The van der Waals surface area contributed by atoms with Crippen LogP contribution in [0.2, 0.25) is 0 Å². The molecule has 0 aromatic carbocycles. The predicted octanol–water partition coefficient (Wildman–Crippen LogP) is 2.90. The van der Waals surface area contributed by atoms with Crippen LogP contribution in [0, 0.1) is 0 Å². The minimum atomic E-state index is 0.931. The molecule has 56 valence electrons. The van der Waals surface area contributed by atoms with Gasteiger partial charge in [0.1, 0.15) is 5.82 Å². The first-order valence-electron chi connectivity index (χ1n) is 3.10. The highest BCUT2D eigenvalue weighted by molar-refractivity contribution is 9.10. The Morgan fingerprint density at radius 2 is 2.45 bits per heavy atom.